The van der Waals surface area contributed by atoms with Crippen molar-refractivity contribution >= 4 is 11.9 Å². The number of hydrogen-bond acceptors (Lipinski definition) is 3. The largest absolute Gasteiger partial charge is 0.477 e. The smallest absolute Gasteiger partial charge is 0.411 e. The van der Waals surface area contributed by atoms with E-state index in [1.165, 1.54) is 6.08 Å². The number of carboxylic acid groups (broad SMARTS) is 1. The lowest BCUT2D eigenvalue weighted by molar-refractivity contribution is -0.300. The van der Waals surface area contributed by atoms with Crippen molar-refractivity contribution in [3.8, 4) is 0 Å². The van der Waals surface area contributed by atoms with Crippen LogP contribution in [0.2, 0.25) is 0 Å². The predicted molar refractivity (Wildman–Crippen MR) is 73.5 cm³/mol. The minimum atomic E-state index is -6.46. The van der Waals surface area contributed by atoms with Crippen LogP contribution >= 0.6 is 0 Å². The Kier molecular flexibility index (Phi) is 5.97. The molecule has 142 valence electrons. The van der Waals surface area contributed by atoms with Gasteiger partial charge in [0.2, 0.25) is 0 Å². The lowest BCUT2D eigenvalue weighted by Crippen LogP contribution is -2.61. The highest BCUT2D eigenvalue weighted by molar-refractivity contribution is 5.83. The summed E-state index contributed by atoms with van der Waals surface area (Å²) in [7, 11) is 0. The fraction of sp³-hybridized carbons (Fsp3) is 0.600. The van der Waals surface area contributed by atoms with Crippen LogP contribution in [-0.4, -0.2) is 41.4 Å². The monoisotopic (exact) mass is 374 g/mol. The zero-order valence-electron chi connectivity index (χ0n) is 12.9. The first kappa shape index (κ1) is 21.0. The highest BCUT2D eigenvalue weighted by Crippen LogP contribution is 2.47. The summed E-state index contributed by atoms with van der Waals surface area (Å²) in [5, 5.41) is 8.01. The quantitative estimate of drug-likeness (QED) is 0.401. The Labute approximate surface area is 139 Å². The maximum absolute atomic E-state index is 13.4. The molecule has 1 rings (SSSR count). The van der Waals surface area contributed by atoms with E-state index in [0.717, 1.165) is 0 Å². The normalized spacial score (nSPS) is 24.6. The molecule has 0 aliphatic heterocycles. The van der Waals surface area contributed by atoms with E-state index in [2.05, 4.69) is 17.9 Å². The molecule has 10 heteroatoms. The van der Waals surface area contributed by atoms with Gasteiger partial charge in [-0.15, -0.1) is 13.2 Å². The van der Waals surface area contributed by atoms with Gasteiger partial charge in [0.25, 0.3) is 0 Å². The molecule has 0 amide bonds. The highest BCUT2D eigenvalue weighted by atomic mass is 19.3. The predicted octanol–water partition coefficient (Wildman–Crippen LogP) is 3.53. The van der Waals surface area contributed by atoms with Gasteiger partial charge >= 0.3 is 29.7 Å². The van der Waals surface area contributed by atoms with Gasteiger partial charge in [0.05, 0.1) is 6.61 Å². The number of rotatable bonds is 8. The summed E-state index contributed by atoms with van der Waals surface area (Å²) in [5.41, 5.74) is 0. The number of carbonyl (C=O) groups excluding carboxylic acids is 1. The lowest BCUT2D eigenvalue weighted by Gasteiger charge is -2.29. The van der Waals surface area contributed by atoms with Crippen LogP contribution in [0.3, 0.4) is 0 Å². The molecule has 0 radical (unpaired) electrons. The molecule has 4 nitrogen and oxygen atoms in total. The number of carboxylic acids is 1. The average Bonchev–Trinajstić information content (AvgIpc) is 2.94. The number of halogens is 6. The number of hydrogen-bond donors (Lipinski definition) is 1. The first-order chi connectivity index (χ1) is 11.3. The van der Waals surface area contributed by atoms with Crippen LogP contribution in [0, 0.1) is 17.8 Å². The number of allylic oxidation sites excluding steroid dienone is 2. The van der Waals surface area contributed by atoms with Gasteiger partial charge in [-0.05, 0) is 30.6 Å². The maximum Gasteiger partial charge on any atom is 0.411 e. The van der Waals surface area contributed by atoms with Gasteiger partial charge in [-0.3, -0.25) is 0 Å². The van der Waals surface area contributed by atoms with Crippen LogP contribution < -0.4 is 0 Å². The fourth-order valence-electron chi connectivity index (χ4n) is 2.61. The van der Waals surface area contributed by atoms with Crippen LogP contribution in [-0.2, 0) is 14.3 Å². The van der Waals surface area contributed by atoms with Gasteiger partial charge < -0.3 is 9.84 Å². The van der Waals surface area contributed by atoms with E-state index in [1.807, 2.05) is 0 Å². The van der Waals surface area contributed by atoms with Crippen LogP contribution in [0.5, 0.6) is 0 Å². The second-order valence-corrected chi connectivity index (χ2v) is 5.75. The van der Waals surface area contributed by atoms with E-state index in [0.29, 0.717) is 12.8 Å². The molecule has 0 spiro atoms. The summed E-state index contributed by atoms with van der Waals surface area (Å²) in [5.74, 6) is -25.8. The van der Waals surface area contributed by atoms with Crippen molar-refractivity contribution in [3.05, 3.63) is 25.3 Å². The SMILES string of the molecule is C=CC1CC(C=C)C(COC(=O)C(F)(F)C(F)(F)C(F)(F)C(=O)O)C1. The second-order valence-electron chi connectivity index (χ2n) is 5.75. The zero-order chi connectivity index (χ0) is 19.6. The molecule has 1 saturated carbocycles. The molecule has 0 heterocycles. The number of aliphatic carboxylic acids is 1. The minimum Gasteiger partial charge on any atom is -0.477 e. The van der Waals surface area contributed by atoms with Gasteiger partial charge in [0.15, 0.2) is 0 Å². The molecule has 0 saturated heterocycles. The Morgan fingerprint density at radius 2 is 1.60 bits per heavy atom. The van der Waals surface area contributed by atoms with Gasteiger partial charge in [0.1, 0.15) is 0 Å². The van der Waals surface area contributed by atoms with Crippen LogP contribution in [0.15, 0.2) is 25.3 Å². The number of esters is 1. The van der Waals surface area contributed by atoms with E-state index in [9.17, 15) is 35.9 Å². The fourth-order valence-corrected chi connectivity index (χ4v) is 2.61. The van der Waals surface area contributed by atoms with Crippen molar-refractivity contribution in [2.45, 2.75) is 30.6 Å². The molecular formula is C15H16F6O4. The van der Waals surface area contributed by atoms with E-state index in [1.54, 1.807) is 6.08 Å². The maximum atomic E-state index is 13.4. The van der Waals surface area contributed by atoms with Crippen molar-refractivity contribution in [2.75, 3.05) is 6.61 Å². The highest BCUT2D eigenvalue weighted by Gasteiger charge is 2.79. The summed E-state index contributed by atoms with van der Waals surface area (Å²) in [6.07, 6.45) is 3.97. The Morgan fingerprint density at radius 1 is 1.04 bits per heavy atom. The molecule has 3 atom stereocenters. The summed E-state index contributed by atoms with van der Waals surface area (Å²) >= 11 is 0. The zero-order valence-corrected chi connectivity index (χ0v) is 12.9. The molecule has 0 aromatic heterocycles. The summed E-state index contributed by atoms with van der Waals surface area (Å²) in [4.78, 5) is 21.4. The van der Waals surface area contributed by atoms with Crippen LogP contribution in [0.25, 0.3) is 0 Å². The first-order valence-corrected chi connectivity index (χ1v) is 7.12. The van der Waals surface area contributed by atoms with Crippen LogP contribution in [0.4, 0.5) is 26.3 Å². The summed E-state index contributed by atoms with van der Waals surface area (Å²) in [6, 6.07) is 0. The van der Waals surface area contributed by atoms with Crippen molar-refractivity contribution in [3.63, 3.8) is 0 Å². The van der Waals surface area contributed by atoms with Gasteiger partial charge in [-0.1, -0.05) is 12.2 Å². The third-order valence-corrected chi connectivity index (χ3v) is 4.16. The molecule has 0 bridgehead atoms. The average molecular weight is 374 g/mol. The molecule has 3 unspecified atom stereocenters. The van der Waals surface area contributed by atoms with Crippen molar-refractivity contribution < 1.29 is 45.8 Å². The van der Waals surface area contributed by atoms with Gasteiger partial charge in [0, 0.05) is 0 Å². The van der Waals surface area contributed by atoms with E-state index >= 15 is 0 Å². The molecule has 1 N–H and O–H groups in total. The van der Waals surface area contributed by atoms with E-state index in [-0.39, 0.29) is 11.8 Å². The van der Waals surface area contributed by atoms with Crippen LogP contribution in [0.1, 0.15) is 12.8 Å². The Morgan fingerprint density at radius 3 is 2.04 bits per heavy atom. The lowest BCUT2D eigenvalue weighted by atomic mass is 9.97. The third-order valence-electron chi connectivity index (χ3n) is 4.16. The van der Waals surface area contributed by atoms with E-state index < -0.39 is 42.2 Å². The van der Waals surface area contributed by atoms with E-state index in [4.69, 9.17) is 5.11 Å². The Balaban J connectivity index is 2.86. The molecule has 1 aliphatic carbocycles. The molecular weight excluding hydrogens is 358 g/mol. The molecule has 1 aliphatic rings. The Bertz CT molecular complexity index is 560. The van der Waals surface area contributed by atoms with Crippen molar-refractivity contribution in [2.24, 2.45) is 17.8 Å². The summed E-state index contributed by atoms with van der Waals surface area (Å²) in [6.45, 7) is 6.36. The topological polar surface area (TPSA) is 63.6 Å². The van der Waals surface area contributed by atoms with Crippen molar-refractivity contribution in [1.29, 1.82) is 0 Å². The first-order valence-electron chi connectivity index (χ1n) is 7.12. The number of ether oxygens (including phenoxy) is 1. The molecule has 0 aromatic rings. The number of carbonyl (C=O) groups is 2. The molecule has 0 aromatic carbocycles. The molecule has 1 fully saturated rings. The van der Waals surface area contributed by atoms with Gasteiger partial charge in [-0.2, -0.15) is 26.3 Å². The minimum absolute atomic E-state index is 0.0232. The third kappa shape index (κ3) is 3.67. The molecule has 25 heavy (non-hydrogen) atoms. The van der Waals surface area contributed by atoms with Crippen molar-refractivity contribution in [1.82, 2.24) is 0 Å². The summed E-state index contributed by atoms with van der Waals surface area (Å²) < 4.78 is 83.2. The number of alkyl halides is 6. The second kappa shape index (κ2) is 7.09. The Hall–Kier alpha value is -2.00. The standard InChI is InChI=1S/C15H16F6O4/c1-3-8-5-9(4-2)10(6-8)7-25-12(24)14(18,19)15(20,21)13(16,17)11(22)23/h3-4,8-10H,1-2,5-7H2,(H,22,23). The van der Waals surface area contributed by atoms with Gasteiger partial charge in [-0.25, -0.2) is 9.59 Å².